The molecule has 2 heterocycles. The highest BCUT2D eigenvalue weighted by Crippen LogP contribution is 2.31. The number of methoxy groups -OCH3 is 1. The molecular formula is C19H24N2O4. The second-order valence-corrected chi connectivity index (χ2v) is 6.38. The van der Waals surface area contributed by atoms with E-state index in [0.29, 0.717) is 11.3 Å². The van der Waals surface area contributed by atoms with Crippen LogP contribution in [-0.2, 0) is 0 Å². The Hall–Kier alpha value is -2.34. The summed E-state index contributed by atoms with van der Waals surface area (Å²) in [5.41, 5.74) is 1.59. The zero-order valence-electron chi connectivity index (χ0n) is 14.7. The maximum absolute atomic E-state index is 13.1. The molecule has 6 heteroatoms. The number of hydrogen-bond acceptors (Lipinski definition) is 5. The summed E-state index contributed by atoms with van der Waals surface area (Å²) in [6, 6.07) is 7.29. The summed E-state index contributed by atoms with van der Waals surface area (Å²) in [5.74, 6) is 0.827. The van der Waals surface area contributed by atoms with Crippen LogP contribution in [-0.4, -0.2) is 41.3 Å². The quantitative estimate of drug-likeness (QED) is 0.920. The molecular weight excluding hydrogens is 320 g/mol. The third-order valence-corrected chi connectivity index (χ3v) is 4.57. The molecule has 2 aromatic rings. The molecule has 0 aliphatic carbocycles. The minimum absolute atomic E-state index is 0.120. The molecule has 6 nitrogen and oxygen atoms in total. The van der Waals surface area contributed by atoms with Gasteiger partial charge in [-0.2, -0.15) is 0 Å². The first kappa shape index (κ1) is 17.5. The molecule has 1 aliphatic rings. The van der Waals surface area contributed by atoms with Gasteiger partial charge in [0.1, 0.15) is 23.1 Å². The fourth-order valence-electron chi connectivity index (χ4n) is 3.17. The second kappa shape index (κ2) is 7.70. The first-order valence-electron chi connectivity index (χ1n) is 8.73. The monoisotopic (exact) mass is 344 g/mol. The number of nitrogens with zero attached hydrogens (tertiary/aromatic N) is 2. The Morgan fingerprint density at radius 2 is 1.84 bits per heavy atom. The van der Waals surface area contributed by atoms with Crippen LogP contribution in [0.3, 0.4) is 0 Å². The number of amides is 1. The molecule has 1 fully saturated rings. The smallest absolute Gasteiger partial charge is 0.259 e. The van der Waals surface area contributed by atoms with Crippen LogP contribution in [0.2, 0.25) is 0 Å². The van der Waals surface area contributed by atoms with Gasteiger partial charge < -0.3 is 19.3 Å². The molecule has 0 spiro atoms. The van der Waals surface area contributed by atoms with Crippen LogP contribution in [0.25, 0.3) is 11.3 Å². The molecule has 0 bridgehead atoms. The van der Waals surface area contributed by atoms with E-state index in [1.807, 2.05) is 29.2 Å². The lowest BCUT2D eigenvalue weighted by Crippen LogP contribution is -2.32. The van der Waals surface area contributed by atoms with E-state index in [1.54, 1.807) is 14.0 Å². The summed E-state index contributed by atoms with van der Waals surface area (Å²) >= 11 is 0. The number of benzene rings is 1. The Morgan fingerprint density at radius 3 is 2.40 bits per heavy atom. The number of aliphatic hydroxyl groups excluding tert-OH is 1. The number of hydrogen-bond donors (Lipinski definition) is 1. The van der Waals surface area contributed by atoms with Crippen LogP contribution in [0.4, 0.5) is 0 Å². The lowest BCUT2D eigenvalue weighted by atomic mass is 10.0. The van der Waals surface area contributed by atoms with E-state index in [0.717, 1.165) is 50.1 Å². The van der Waals surface area contributed by atoms with Crippen molar-refractivity contribution >= 4 is 5.91 Å². The largest absolute Gasteiger partial charge is 0.497 e. The molecule has 0 radical (unpaired) electrons. The number of likely N-dealkylation sites (tertiary alicyclic amines) is 1. The fourth-order valence-corrected chi connectivity index (χ4v) is 3.17. The maximum Gasteiger partial charge on any atom is 0.259 e. The fraction of sp³-hybridized carbons (Fsp3) is 0.474. The van der Waals surface area contributed by atoms with Crippen LogP contribution in [0.5, 0.6) is 5.75 Å². The molecule has 1 atom stereocenters. The van der Waals surface area contributed by atoms with Gasteiger partial charge in [-0.05, 0) is 44.0 Å². The van der Waals surface area contributed by atoms with Gasteiger partial charge in [0.25, 0.3) is 5.91 Å². The van der Waals surface area contributed by atoms with Crippen molar-refractivity contribution in [1.82, 2.24) is 10.1 Å². The van der Waals surface area contributed by atoms with Crippen molar-refractivity contribution in [2.45, 2.75) is 38.7 Å². The molecule has 1 unspecified atom stereocenters. The summed E-state index contributed by atoms with van der Waals surface area (Å²) in [5, 5.41) is 14.1. The Morgan fingerprint density at radius 1 is 1.20 bits per heavy atom. The molecule has 3 rings (SSSR count). The van der Waals surface area contributed by atoms with E-state index in [-0.39, 0.29) is 11.7 Å². The van der Waals surface area contributed by atoms with Gasteiger partial charge in [-0.25, -0.2) is 0 Å². The van der Waals surface area contributed by atoms with E-state index in [4.69, 9.17) is 9.26 Å². The van der Waals surface area contributed by atoms with E-state index < -0.39 is 6.10 Å². The van der Waals surface area contributed by atoms with Crippen LogP contribution in [0.15, 0.2) is 28.8 Å². The number of ether oxygens (including phenoxy) is 1. The average molecular weight is 344 g/mol. The molecule has 25 heavy (non-hydrogen) atoms. The van der Waals surface area contributed by atoms with Crippen molar-refractivity contribution in [3.8, 4) is 17.0 Å². The van der Waals surface area contributed by atoms with Gasteiger partial charge in [0.05, 0.1) is 7.11 Å². The number of aromatic nitrogens is 1. The molecule has 134 valence electrons. The van der Waals surface area contributed by atoms with Crippen LogP contribution < -0.4 is 4.74 Å². The summed E-state index contributed by atoms with van der Waals surface area (Å²) in [6.45, 7) is 3.04. The second-order valence-electron chi connectivity index (χ2n) is 6.38. The van der Waals surface area contributed by atoms with Crippen molar-refractivity contribution < 1.29 is 19.2 Å². The molecule has 1 N–H and O–H groups in total. The van der Waals surface area contributed by atoms with E-state index in [9.17, 15) is 9.90 Å². The Labute approximate surface area is 147 Å². The number of carbonyl (C=O) groups excluding carboxylic acids is 1. The first-order valence-corrected chi connectivity index (χ1v) is 8.73. The molecule has 1 aliphatic heterocycles. The minimum atomic E-state index is -0.898. The van der Waals surface area contributed by atoms with Crippen LogP contribution in [0, 0.1) is 0 Å². The van der Waals surface area contributed by atoms with E-state index >= 15 is 0 Å². The zero-order chi connectivity index (χ0) is 17.8. The topological polar surface area (TPSA) is 75.8 Å². The Balaban J connectivity index is 2.00. The SMILES string of the molecule is COc1ccc(-c2noc(C(C)O)c2C(=O)N2CCCCCC2)cc1. The molecule has 1 aromatic heterocycles. The summed E-state index contributed by atoms with van der Waals surface area (Å²) < 4.78 is 10.5. The van der Waals surface area contributed by atoms with Gasteiger partial charge in [-0.3, -0.25) is 4.79 Å². The number of aliphatic hydroxyl groups is 1. The van der Waals surface area contributed by atoms with Gasteiger partial charge in [0.2, 0.25) is 0 Å². The zero-order valence-corrected chi connectivity index (χ0v) is 14.7. The highest BCUT2D eigenvalue weighted by Gasteiger charge is 2.30. The van der Waals surface area contributed by atoms with E-state index in [2.05, 4.69) is 5.16 Å². The average Bonchev–Trinajstić information content (AvgIpc) is 2.89. The summed E-state index contributed by atoms with van der Waals surface area (Å²) in [6.07, 6.45) is 3.38. The van der Waals surface area contributed by atoms with Gasteiger partial charge in [-0.15, -0.1) is 0 Å². The van der Waals surface area contributed by atoms with Gasteiger partial charge in [0, 0.05) is 18.7 Å². The molecule has 1 amide bonds. The standard InChI is InChI=1S/C19H24N2O4/c1-13(22)18-16(19(23)21-11-5-3-4-6-12-21)17(20-25-18)14-7-9-15(24-2)10-8-14/h7-10,13,22H,3-6,11-12H2,1-2H3. The van der Waals surface area contributed by atoms with Gasteiger partial charge >= 0.3 is 0 Å². The summed E-state index contributed by atoms with van der Waals surface area (Å²) in [7, 11) is 1.60. The van der Waals surface area contributed by atoms with Crippen molar-refractivity contribution in [2.75, 3.05) is 20.2 Å². The van der Waals surface area contributed by atoms with Crippen molar-refractivity contribution in [1.29, 1.82) is 0 Å². The third kappa shape index (κ3) is 3.69. The molecule has 1 saturated heterocycles. The predicted molar refractivity (Wildman–Crippen MR) is 93.5 cm³/mol. The molecule has 1 aromatic carbocycles. The van der Waals surface area contributed by atoms with Crippen molar-refractivity contribution in [2.24, 2.45) is 0 Å². The number of carbonyl (C=O) groups is 1. The summed E-state index contributed by atoms with van der Waals surface area (Å²) in [4.78, 5) is 15.0. The van der Waals surface area contributed by atoms with Crippen molar-refractivity contribution in [3.63, 3.8) is 0 Å². The maximum atomic E-state index is 13.1. The third-order valence-electron chi connectivity index (χ3n) is 4.57. The van der Waals surface area contributed by atoms with Crippen LogP contribution in [0.1, 0.15) is 54.8 Å². The lowest BCUT2D eigenvalue weighted by Gasteiger charge is -2.20. The predicted octanol–water partition coefficient (Wildman–Crippen LogP) is 3.42. The minimum Gasteiger partial charge on any atom is -0.497 e. The van der Waals surface area contributed by atoms with Gasteiger partial charge in [-0.1, -0.05) is 18.0 Å². The van der Waals surface area contributed by atoms with Gasteiger partial charge in [0.15, 0.2) is 5.76 Å². The first-order chi connectivity index (χ1) is 12.1. The highest BCUT2D eigenvalue weighted by atomic mass is 16.5. The highest BCUT2D eigenvalue weighted by molar-refractivity contribution is 6.01. The number of rotatable bonds is 4. The van der Waals surface area contributed by atoms with Crippen LogP contribution >= 0.6 is 0 Å². The van der Waals surface area contributed by atoms with E-state index in [1.165, 1.54) is 0 Å². The molecule has 0 saturated carbocycles. The normalized spacial score (nSPS) is 16.4. The van der Waals surface area contributed by atoms with Crippen molar-refractivity contribution in [3.05, 3.63) is 35.6 Å². The lowest BCUT2D eigenvalue weighted by molar-refractivity contribution is 0.0750. The Bertz CT molecular complexity index is 714. The Kier molecular flexibility index (Phi) is 5.38.